The van der Waals surface area contributed by atoms with Gasteiger partial charge in [0, 0.05) is 19.0 Å². The number of aromatic nitrogens is 1. The van der Waals surface area contributed by atoms with Gasteiger partial charge in [-0.1, -0.05) is 0 Å². The van der Waals surface area contributed by atoms with Crippen LogP contribution in [0.4, 0.5) is 4.79 Å². The minimum absolute atomic E-state index is 0.0960. The average molecular weight is 238 g/mol. The van der Waals surface area contributed by atoms with Crippen LogP contribution in [-0.2, 0) is 0 Å². The van der Waals surface area contributed by atoms with Crippen LogP contribution < -0.4 is 9.47 Å². The van der Waals surface area contributed by atoms with E-state index in [0.717, 1.165) is 0 Å². The summed E-state index contributed by atoms with van der Waals surface area (Å²) < 4.78 is 10.6. The lowest BCUT2D eigenvalue weighted by Crippen LogP contribution is -2.29. The van der Waals surface area contributed by atoms with Crippen molar-refractivity contribution in [3.63, 3.8) is 0 Å². The number of methoxy groups -OCH3 is 1. The summed E-state index contributed by atoms with van der Waals surface area (Å²) in [5, 5.41) is 8.81. The largest absolute Gasteiger partial charge is 0.487 e. The van der Waals surface area contributed by atoms with Crippen LogP contribution in [0.3, 0.4) is 0 Å². The van der Waals surface area contributed by atoms with Gasteiger partial charge in [-0.25, -0.2) is 9.78 Å². The molecule has 1 unspecified atom stereocenters. The molecular formula is C11H14N2O4. The molecule has 92 valence electrons. The zero-order chi connectivity index (χ0) is 12.3. The first kappa shape index (κ1) is 11.5. The van der Waals surface area contributed by atoms with E-state index in [1.54, 1.807) is 25.4 Å². The zero-order valence-corrected chi connectivity index (χ0v) is 9.50. The van der Waals surface area contributed by atoms with Crippen LogP contribution >= 0.6 is 0 Å². The fourth-order valence-corrected chi connectivity index (χ4v) is 1.75. The monoisotopic (exact) mass is 238 g/mol. The van der Waals surface area contributed by atoms with E-state index >= 15 is 0 Å². The smallest absolute Gasteiger partial charge is 0.407 e. The molecule has 1 atom stereocenters. The van der Waals surface area contributed by atoms with Gasteiger partial charge in [0.2, 0.25) is 5.88 Å². The van der Waals surface area contributed by atoms with Gasteiger partial charge in [0.15, 0.2) is 0 Å². The summed E-state index contributed by atoms with van der Waals surface area (Å²) in [6.45, 7) is 0.922. The molecule has 1 aliphatic heterocycles. The molecule has 0 aliphatic carbocycles. The van der Waals surface area contributed by atoms with Crippen molar-refractivity contribution in [3.05, 3.63) is 18.3 Å². The lowest BCUT2D eigenvalue weighted by Gasteiger charge is -2.14. The Labute approximate surface area is 98.8 Å². The molecular weight excluding hydrogens is 224 g/mol. The van der Waals surface area contributed by atoms with Crippen molar-refractivity contribution in [2.24, 2.45) is 0 Å². The van der Waals surface area contributed by atoms with E-state index < -0.39 is 6.09 Å². The second kappa shape index (κ2) is 4.90. The van der Waals surface area contributed by atoms with Gasteiger partial charge in [0.1, 0.15) is 11.9 Å². The highest BCUT2D eigenvalue weighted by atomic mass is 16.5. The molecule has 0 bridgehead atoms. The maximum Gasteiger partial charge on any atom is 0.407 e. The van der Waals surface area contributed by atoms with E-state index in [9.17, 15) is 4.79 Å². The number of pyridine rings is 1. The van der Waals surface area contributed by atoms with Crippen molar-refractivity contribution in [1.82, 2.24) is 9.88 Å². The van der Waals surface area contributed by atoms with E-state index in [1.165, 1.54) is 4.90 Å². The number of carboxylic acid groups (broad SMARTS) is 1. The highest BCUT2D eigenvalue weighted by Crippen LogP contribution is 2.19. The second-order valence-corrected chi connectivity index (χ2v) is 3.79. The number of nitrogens with zero attached hydrogens (tertiary/aromatic N) is 2. The van der Waals surface area contributed by atoms with Gasteiger partial charge in [-0.05, 0) is 6.07 Å². The normalized spacial score (nSPS) is 19.1. The number of amides is 1. The quantitative estimate of drug-likeness (QED) is 0.857. The van der Waals surface area contributed by atoms with Crippen LogP contribution in [0.2, 0.25) is 0 Å². The standard InChI is InChI=1S/C11H14N2O4/c1-16-10-3-2-8(6-12-10)17-9-4-5-13(7-9)11(14)15/h2-3,6,9H,4-5,7H2,1H3,(H,14,15). The summed E-state index contributed by atoms with van der Waals surface area (Å²) in [5.41, 5.74) is 0. The summed E-state index contributed by atoms with van der Waals surface area (Å²) in [6.07, 6.45) is 1.28. The Morgan fingerprint density at radius 3 is 2.94 bits per heavy atom. The Morgan fingerprint density at radius 1 is 1.59 bits per heavy atom. The number of hydrogen-bond acceptors (Lipinski definition) is 4. The predicted molar refractivity (Wildman–Crippen MR) is 59.4 cm³/mol. The molecule has 0 aromatic carbocycles. The Kier molecular flexibility index (Phi) is 3.32. The number of carbonyl (C=O) groups is 1. The molecule has 1 saturated heterocycles. The van der Waals surface area contributed by atoms with Crippen LogP contribution in [0.15, 0.2) is 18.3 Å². The Bertz CT molecular complexity index is 393. The van der Waals surface area contributed by atoms with Crippen LogP contribution in [0.25, 0.3) is 0 Å². The van der Waals surface area contributed by atoms with Crippen molar-refractivity contribution >= 4 is 6.09 Å². The molecule has 0 spiro atoms. The topological polar surface area (TPSA) is 71.9 Å². The third-order valence-electron chi connectivity index (χ3n) is 2.64. The molecule has 17 heavy (non-hydrogen) atoms. The van der Waals surface area contributed by atoms with Crippen molar-refractivity contribution in [2.45, 2.75) is 12.5 Å². The van der Waals surface area contributed by atoms with Crippen LogP contribution in [0, 0.1) is 0 Å². The number of hydrogen-bond donors (Lipinski definition) is 1. The average Bonchev–Trinajstić information content (AvgIpc) is 2.79. The first-order valence-corrected chi connectivity index (χ1v) is 5.33. The summed E-state index contributed by atoms with van der Waals surface area (Å²) in [6, 6.07) is 3.47. The maximum atomic E-state index is 10.7. The van der Waals surface area contributed by atoms with Crippen molar-refractivity contribution in [1.29, 1.82) is 0 Å². The molecule has 1 aliphatic rings. The summed E-state index contributed by atoms with van der Waals surface area (Å²) in [7, 11) is 1.55. The maximum absolute atomic E-state index is 10.7. The summed E-state index contributed by atoms with van der Waals surface area (Å²) >= 11 is 0. The van der Waals surface area contributed by atoms with E-state index in [4.69, 9.17) is 14.6 Å². The summed E-state index contributed by atoms with van der Waals surface area (Å²) in [5.74, 6) is 1.15. The van der Waals surface area contributed by atoms with Gasteiger partial charge in [0.25, 0.3) is 0 Å². The van der Waals surface area contributed by atoms with Gasteiger partial charge >= 0.3 is 6.09 Å². The lowest BCUT2D eigenvalue weighted by atomic mass is 10.3. The molecule has 1 amide bonds. The molecule has 2 heterocycles. The third kappa shape index (κ3) is 2.77. The van der Waals surface area contributed by atoms with Gasteiger partial charge in [0.05, 0.1) is 19.9 Å². The fraction of sp³-hybridized carbons (Fsp3) is 0.455. The van der Waals surface area contributed by atoms with Crippen molar-refractivity contribution < 1.29 is 19.4 Å². The van der Waals surface area contributed by atoms with E-state index in [0.29, 0.717) is 31.1 Å². The molecule has 0 saturated carbocycles. The van der Waals surface area contributed by atoms with Crippen LogP contribution in [0.5, 0.6) is 11.6 Å². The van der Waals surface area contributed by atoms with Gasteiger partial charge in [-0.2, -0.15) is 0 Å². The minimum Gasteiger partial charge on any atom is -0.487 e. The molecule has 0 radical (unpaired) electrons. The molecule has 1 fully saturated rings. The fourth-order valence-electron chi connectivity index (χ4n) is 1.75. The SMILES string of the molecule is COc1ccc(OC2CCN(C(=O)O)C2)cn1. The Hall–Kier alpha value is -1.98. The van der Waals surface area contributed by atoms with E-state index in [-0.39, 0.29) is 6.10 Å². The predicted octanol–water partition coefficient (Wildman–Crippen LogP) is 1.22. The molecule has 1 aromatic rings. The molecule has 6 nitrogen and oxygen atoms in total. The van der Waals surface area contributed by atoms with Crippen LogP contribution in [0.1, 0.15) is 6.42 Å². The van der Waals surface area contributed by atoms with Crippen molar-refractivity contribution in [2.75, 3.05) is 20.2 Å². The third-order valence-corrected chi connectivity index (χ3v) is 2.64. The molecule has 2 rings (SSSR count). The highest BCUT2D eigenvalue weighted by Gasteiger charge is 2.27. The highest BCUT2D eigenvalue weighted by molar-refractivity contribution is 5.65. The Morgan fingerprint density at radius 2 is 2.41 bits per heavy atom. The molecule has 1 aromatic heterocycles. The summed E-state index contributed by atoms with van der Waals surface area (Å²) in [4.78, 5) is 16.1. The lowest BCUT2D eigenvalue weighted by molar-refractivity contribution is 0.145. The van der Waals surface area contributed by atoms with Crippen LogP contribution in [-0.4, -0.2) is 47.4 Å². The first-order chi connectivity index (χ1) is 8.19. The zero-order valence-electron chi connectivity index (χ0n) is 9.50. The molecule has 1 N–H and O–H groups in total. The van der Waals surface area contributed by atoms with Gasteiger partial charge < -0.3 is 19.5 Å². The number of ether oxygens (including phenoxy) is 2. The minimum atomic E-state index is -0.899. The Balaban J connectivity index is 1.91. The number of rotatable bonds is 3. The van der Waals surface area contributed by atoms with Gasteiger partial charge in [-0.15, -0.1) is 0 Å². The second-order valence-electron chi connectivity index (χ2n) is 3.79. The number of likely N-dealkylation sites (tertiary alicyclic amines) is 1. The van der Waals surface area contributed by atoms with E-state index in [2.05, 4.69) is 4.98 Å². The first-order valence-electron chi connectivity index (χ1n) is 5.33. The molecule has 6 heteroatoms. The van der Waals surface area contributed by atoms with Gasteiger partial charge in [-0.3, -0.25) is 0 Å². The van der Waals surface area contributed by atoms with E-state index in [1.807, 2.05) is 0 Å². The van der Waals surface area contributed by atoms with Crippen molar-refractivity contribution in [3.8, 4) is 11.6 Å².